The van der Waals surface area contributed by atoms with Gasteiger partial charge >= 0.3 is 0 Å². The quantitative estimate of drug-likeness (QED) is 0.451. The number of fused-ring (bicyclic) bond motifs is 3. The minimum Gasteiger partial charge on any atom is -0.385 e. The summed E-state index contributed by atoms with van der Waals surface area (Å²) >= 11 is 0. The Hall–Kier alpha value is -2.75. The summed E-state index contributed by atoms with van der Waals surface area (Å²) in [6.45, 7) is 5.48. The van der Waals surface area contributed by atoms with Gasteiger partial charge in [-0.1, -0.05) is 18.2 Å². The number of imidazole rings is 1. The van der Waals surface area contributed by atoms with Crippen LogP contribution in [0.15, 0.2) is 52.5 Å². The average Bonchev–Trinajstić information content (AvgIpc) is 3.39. The van der Waals surface area contributed by atoms with E-state index in [2.05, 4.69) is 26.8 Å². The van der Waals surface area contributed by atoms with Crippen molar-refractivity contribution in [3.8, 4) is 0 Å². The first kappa shape index (κ1) is 20.2. The van der Waals surface area contributed by atoms with Gasteiger partial charge < -0.3 is 20.0 Å². The molecule has 0 aliphatic carbocycles. The second kappa shape index (κ2) is 7.15. The predicted octanol–water partition coefficient (Wildman–Crippen LogP) is 2.90. The molecule has 1 aliphatic rings. The van der Waals surface area contributed by atoms with Crippen LogP contribution in [0.4, 0.5) is 0 Å². The maximum absolute atomic E-state index is 13.6. The van der Waals surface area contributed by atoms with Gasteiger partial charge in [0.05, 0.1) is 10.4 Å². The molecular formula is C22H25N5O3S. The van der Waals surface area contributed by atoms with Gasteiger partial charge in [-0.2, -0.15) is 0 Å². The van der Waals surface area contributed by atoms with Crippen molar-refractivity contribution in [3.63, 3.8) is 0 Å². The highest BCUT2D eigenvalue weighted by Gasteiger charge is 2.36. The normalized spacial score (nSPS) is 17.9. The van der Waals surface area contributed by atoms with E-state index in [1.54, 1.807) is 43.5 Å². The van der Waals surface area contributed by atoms with Crippen LogP contribution in [0.2, 0.25) is 0 Å². The maximum atomic E-state index is 13.6. The first-order chi connectivity index (χ1) is 14.8. The fourth-order valence-electron chi connectivity index (χ4n) is 4.55. The van der Waals surface area contributed by atoms with Gasteiger partial charge in [0.25, 0.3) is 0 Å². The minimum atomic E-state index is -3.92. The van der Waals surface area contributed by atoms with Gasteiger partial charge in [-0.05, 0) is 58.0 Å². The summed E-state index contributed by atoms with van der Waals surface area (Å²) in [6.07, 6.45) is 2.57. The Morgan fingerprint density at radius 3 is 2.52 bits per heavy atom. The third-order valence-electron chi connectivity index (χ3n) is 6.20. The zero-order valence-corrected chi connectivity index (χ0v) is 18.3. The number of hydrogen-bond acceptors (Lipinski definition) is 6. The molecule has 31 heavy (non-hydrogen) atoms. The van der Waals surface area contributed by atoms with E-state index in [0.29, 0.717) is 22.5 Å². The molecule has 4 aromatic rings. The molecule has 9 heteroatoms. The number of hydrogen-bond donors (Lipinski definition) is 3. The summed E-state index contributed by atoms with van der Waals surface area (Å²) in [4.78, 5) is 12.4. The lowest BCUT2D eigenvalue weighted by Crippen LogP contribution is -2.42. The van der Waals surface area contributed by atoms with Gasteiger partial charge in [0, 0.05) is 17.1 Å². The Labute approximate surface area is 180 Å². The fraction of sp³-hybridized carbons (Fsp3) is 0.364. The number of aliphatic hydroxyl groups is 1. The number of sulfone groups is 1. The van der Waals surface area contributed by atoms with Crippen molar-refractivity contribution in [2.24, 2.45) is 0 Å². The third-order valence-corrected chi connectivity index (χ3v) is 7.89. The van der Waals surface area contributed by atoms with E-state index >= 15 is 0 Å². The number of H-pyrrole nitrogens is 1. The van der Waals surface area contributed by atoms with E-state index in [1.807, 2.05) is 6.07 Å². The molecule has 8 nitrogen and oxygen atoms in total. The molecule has 0 radical (unpaired) electrons. The predicted molar refractivity (Wildman–Crippen MR) is 118 cm³/mol. The Kier molecular flexibility index (Phi) is 4.65. The summed E-state index contributed by atoms with van der Waals surface area (Å²) in [5.41, 5.74) is 1.16. The zero-order chi connectivity index (χ0) is 21.8. The molecule has 1 saturated heterocycles. The fourth-order valence-corrected chi connectivity index (χ4v) is 5.90. The summed E-state index contributed by atoms with van der Waals surface area (Å²) < 4.78 is 29.2. The second-order valence-corrected chi connectivity index (χ2v) is 10.3. The van der Waals surface area contributed by atoms with E-state index in [0.717, 1.165) is 31.3 Å². The highest BCUT2D eigenvalue weighted by molar-refractivity contribution is 7.91. The van der Waals surface area contributed by atoms with Crippen LogP contribution in [-0.4, -0.2) is 46.1 Å². The first-order valence-corrected chi connectivity index (χ1v) is 11.9. The number of nitrogens with one attached hydrogen (secondary N) is 2. The molecule has 3 N–H and O–H groups in total. The molecule has 0 amide bonds. The van der Waals surface area contributed by atoms with Crippen LogP contribution in [0.5, 0.6) is 0 Å². The van der Waals surface area contributed by atoms with E-state index in [9.17, 15) is 13.5 Å². The van der Waals surface area contributed by atoms with Crippen molar-refractivity contribution in [2.75, 3.05) is 13.1 Å². The standard InChI is InChI=1S/C22H25N5O3S/c1-14(28)20-25-17-18(27(20)22(2)9-12-23-13-10-22)16-8-11-24-19(16)26-21(17)31(29,30)15-6-4-3-5-7-15/h3-8,11,14,23,28H,9-10,12-13H2,1-2H3,(H,24,26)/t14-/m1/s1. The molecule has 0 bridgehead atoms. The largest absolute Gasteiger partial charge is 0.385 e. The van der Waals surface area contributed by atoms with Crippen molar-refractivity contribution in [1.82, 2.24) is 24.8 Å². The number of aromatic amines is 1. The lowest BCUT2D eigenvalue weighted by molar-refractivity contribution is 0.159. The van der Waals surface area contributed by atoms with Gasteiger partial charge in [-0.3, -0.25) is 0 Å². The Bertz CT molecular complexity index is 1370. The number of aliphatic hydroxyl groups excluding tert-OH is 1. The maximum Gasteiger partial charge on any atom is 0.226 e. The zero-order valence-electron chi connectivity index (χ0n) is 17.5. The molecular weight excluding hydrogens is 414 g/mol. The second-order valence-electron chi connectivity index (χ2n) is 8.40. The number of piperidine rings is 1. The molecule has 1 aromatic carbocycles. The summed E-state index contributed by atoms with van der Waals surface area (Å²) in [6, 6.07) is 10.2. The van der Waals surface area contributed by atoms with Crippen molar-refractivity contribution in [1.29, 1.82) is 0 Å². The van der Waals surface area contributed by atoms with Gasteiger partial charge in [0.15, 0.2) is 5.03 Å². The molecule has 0 unspecified atom stereocenters. The van der Waals surface area contributed by atoms with E-state index in [1.165, 1.54) is 0 Å². The monoisotopic (exact) mass is 439 g/mol. The highest BCUT2D eigenvalue weighted by atomic mass is 32.2. The van der Waals surface area contributed by atoms with Crippen molar-refractivity contribution >= 4 is 31.9 Å². The highest BCUT2D eigenvalue weighted by Crippen LogP contribution is 2.39. The van der Waals surface area contributed by atoms with Crippen molar-refractivity contribution < 1.29 is 13.5 Å². The van der Waals surface area contributed by atoms with E-state index < -0.39 is 15.9 Å². The number of pyridine rings is 1. The molecule has 3 aromatic heterocycles. The van der Waals surface area contributed by atoms with E-state index in [-0.39, 0.29) is 15.5 Å². The first-order valence-electron chi connectivity index (χ1n) is 10.4. The summed E-state index contributed by atoms with van der Waals surface area (Å²) in [5.74, 6) is 0.458. The van der Waals surface area contributed by atoms with Gasteiger partial charge in [0.2, 0.25) is 9.84 Å². The Morgan fingerprint density at radius 2 is 1.84 bits per heavy atom. The lowest BCUT2D eigenvalue weighted by Gasteiger charge is -2.37. The molecule has 5 rings (SSSR count). The van der Waals surface area contributed by atoms with Crippen LogP contribution in [0, 0.1) is 0 Å². The molecule has 1 aliphatic heterocycles. The molecule has 1 fully saturated rings. The minimum absolute atomic E-state index is 0.0955. The number of benzene rings is 1. The molecule has 0 saturated carbocycles. The summed E-state index contributed by atoms with van der Waals surface area (Å²) in [7, 11) is -3.92. The van der Waals surface area contributed by atoms with Crippen LogP contribution in [0.3, 0.4) is 0 Å². The van der Waals surface area contributed by atoms with Crippen LogP contribution < -0.4 is 5.32 Å². The van der Waals surface area contributed by atoms with Crippen LogP contribution in [-0.2, 0) is 15.4 Å². The topological polar surface area (TPSA) is 113 Å². The van der Waals surface area contributed by atoms with Crippen molar-refractivity contribution in [2.45, 2.75) is 48.3 Å². The van der Waals surface area contributed by atoms with Crippen LogP contribution >= 0.6 is 0 Å². The SMILES string of the molecule is C[C@@H](O)c1nc2c(S(=O)(=O)c3ccccc3)nc3[nH]ccc3c2n1C1(C)CCNCC1. The number of nitrogens with zero attached hydrogens (tertiary/aromatic N) is 3. The summed E-state index contributed by atoms with van der Waals surface area (Å²) in [5, 5.41) is 14.7. The molecule has 1 atom stereocenters. The van der Waals surface area contributed by atoms with Gasteiger partial charge in [0.1, 0.15) is 23.1 Å². The average molecular weight is 440 g/mol. The third kappa shape index (κ3) is 3.07. The van der Waals surface area contributed by atoms with Gasteiger partial charge in [-0.25, -0.2) is 18.4 Å². The Morgan fingerprint density at radius 1 is 1.13 bits per heavy atom. The number of aromatic nitrogens is 4. The van der Waals surface area contributed by atoms with Crippen molar-refractivity contribution in [3.05, 3.63) is 48.4 Å². The number of rotatable bonds is 4. The molecule has 162 valence electrons. The van der Waals surface area contributed by atoms with Crippen LogP contribution in [0.1, 0.15) is 38.6 Å². The Balaban J connectivity index is 1.91. The van der Waals surface area contributed by atoms with Gasteiger partial charge in [-0.15, -0.1) is 0 Å². The van der Waals surface area contributed by atoms with E-state index in [4.69, 9.17) is 4.98 Å². The smallest absolute Gasteiger partial charge is 0.226 e. The van der Waals surface area contributed by atoms with Crippen LogP contribution in [0.25, 0.3) is 22.1 Å². The molecule has 0 spiro atoms. The molecule has 4 heterocycles. The lowest BCUT2D eigenvalue weighted by atomic mass is 9.89.